The van der Waals surface area contributed by atoms with Gasteiger partial charge in [0.15, 0.2) is 0 Å². The molecule has 0 bridgehead atoms. The van der Waals surface area contributed by atoms with Gasteiger partial charge >= 0.3 is 0 Å². The van der Waals surface area contributed by atoms with E-state index >= 15 is 0 Å². The fourth-order valence-electron chi connectivity index (χ4n) is 0.975. The summed E-state index contributed by atoms with van der Waals surface area (Å²) in [6.07, 6.45) is 3.37. The highest BCUT2D eigenvalue weighted by atomic mass is 32.2. The number of rotatable bonds is 2. The Morgan fingerprint density at radius 1 is 1.55 bits per heavy atom. The van der Waals surface area contributed by atoms with E-state index < -0.39 is 9.73 Å². The second kappa shape index (κ2) is 2.75. The zero-order valence-corrected chi connectivity index (χ0v) is 8.20. The van der Waals surface area contributed by atoms with E-state index in [2.05, 4.69) is 16.6 Å². The van der Waals surface area contributed by atoms with Gasteiger partial charge in [-0.3, -0.25) is 4.21 Å². The predicted octanol–water partition coefficient (Wildman–Crippen LogP) is 0.323. The van der Waals surface area contributed by atoms with Gasteiger partial charge in [-0.15, -0.1) is 0 Å². The molecule has 0 amide bonds. The van der Waals surface area contributed by atoms with Gasteiger partial charge in [0, 0.05) is 40.7 Å². The zero-order chi connectivity index (χ0) is 8.54. The number of nitrogens with zero attached hydrogens (tertiary/aromatic N) is 1. The van der Waals surface area contributed by atoms with Gasteiger partial charge in [0.1, 0.15) is 0 Å². The van der Waals surface area contributed by atoms with Crippen molar-refractivity contribution >= 4 is 9.73 Å². The molecule has 0 radical (unpaired) electrons. The lowest BCUT2D eigenvalue weighted by Gasteiger charge is -2.37. The highest BCUT2D eigenvalue weighted by molar-refractivity contribution is 7.92. The smallest absolute Gasteiger partial charge is 0.0562 e. The average molecular weight is 176 g/mol. The Morgan fingerprint density at radius 3 is 2.36 bits per heavy atom. The molecule has 1 N–H and O–H groups in total. The number of hydrogen-bond donors (Lipinski definition) is 1. The Hall–Kier alpha value is -0.0900. The molecule has 0 spiro atoms. The predicted molar refractivity (Wildman–Crippen MR) is 48.3 cm³/mol. The monoisotopic (exact) mass is 176 g/mol. The van der Waals surface area contributed by atoms with E-state index in [1.807, 2.05) is 0 Å². The summed E-state index contributed by atoms with van der Waals surface area (Å²) in [7, 11) is -1.89. The molecule has 1 rings (SSSR count). The third-order valence-corrected chi connectivity index (χ3v) is 2.61. The normalized spacial score (nSPS) is 22.5. The standard InChI is InChI=1S/C7H16N2OS/c1-7(4-8-5-7)6-9-11(2,3)10/h8H,4-6H2,1-3H3. The van der Waals surface area contributed by atoms with Gasteiger partial charge in [0.05, 0.1) is 6.54 Å². The number of nitrogens with one attached hydrogen (secondary N) is 1. The van der Waals surface area contributed by atoms with Crippen LogP contribution >= 0.6 is 0 Å². The van der Waals surface area contributed by atoms with Crippen molar-refractivity contribution in [2.45, 2.75) is 6.92 Å². The maximum Gasteiger partial charge on any atom is 0.0562 e. The second-order valence-electron chi connectivity index (χ2n) is 3.88. The maximum atomic E-state index is 11.2. The Morgan fingerprint density at radius 2 is 2.09 bits per heavy atom. The van der Waals surface area contributed by atoms with Crippen LogP contribution in [0.5, 0.6) is 0 Å². The molecule has 0 aliphatic carbocycles. The Bertz CT molecular complexity index is 241. The molecule has 4 heteroatoms. The van der Waals surface area contributed by atoms with E-state index in [1.165, 1.54) is 0 Å². The van der Waals surface area contributed by atoms with E-state index in [-0.39, 0.29) is 5.41 Å². The molecule has 0 unspecified atom stereocenters. The second-order valence-corrected chi connectivity index (χ2v) is 6.50. The highest BCUT2D eigenvalue weighted by Crippen LogP contribution is 2.21. The lowest BCUT2D eigenvalue weighted by molar-refractivity contribution is 0.209. The van der Waals surface area contributed by atoms with Crippen molar-refractivity contribution in [1.82, 2.24) is 5.32 Å². The Labute approximate surface area is 68.8 Å². The van der Waals surface area contributed by atoms with E-state index in [0.717, 1.165) is 19.6 Å². The molecule has 1 aliphatic rings. The molecule has 0 aromatic heterocycles. The van der Waals surface area contributed by atoms with E-state index in [4.69, 9.17) is 0 Å². The first kappa shape index (κ1) is 9.00. The van der Waals surface area contributed by atoms with Gasteiger partial charge in [0.25, 0.3) is 0 Å². The van der Waals surface area contributed by atoms with Crippen molar-refractivity contribution in [2.24, 2.45) is 9.78 Å². The van der Waals surface area contributed by atoms with Crippen LogP contribution < -0.4 is 5.32 Å². The van der Waals surface area contributed by atoms with Crippen molar-refractivity contribution in [3.8, 4) is 0 Å². The molecule has 3 nitrogen and oxygen atoms in total. The first-order valence-electron chi connectivity index (χ1n) is 3.75. The summed E-state index contributed by atoms with van der Waals surface area (Å²) in [5.74, 6) is 0. The van der Waals surface area contributed by atoms with Crippen molar-refractivity contribution in [1.29, 1.82) is 0 Å². The van der Waals surface area contributed by atoms with Crippen LogP contribution in [0.1, 0.15) is 6.92 Å². The summed E-state index contributed by atoms with van der Waals surface area (Å²) in [6.45, 7) is 4.90. The summed E-state index contributed by atoms with van der Waals surface area (Å²) in [5.41, 5.74) is 0.272. The SMILES string of the molecule is CC1(CN=S(C)(C)=O)CNC1. The molecule has 0 atom stereocenters. The van der Waals surface area contributed by atoms with Crippen LogP contribution in [0.15, 0.2) is 4.36 Å². The van der Waals surface area contributed by atoms with E-state index in [0.29, 0.717) is 0 Å². The molecular weight excluding hydrogens is 160 g/mol. The van der Waals surface area contributed by atoms with Crippen molar-refractivity contribution in [2.75, 3.05) is 32.1 Å². The lowest BCUT2D eigenvalue weighted by atomic mass is 9.85. The van der Waals surface area contributed by atoms with Gasteiger partial charge in [-0.05, 0) is 0 Å². The van der Waals surface area contributed by atoms with Crippen LogP contribution in [0.4, 0.5) is 0 Å². The van der Waals surface area contributed by atoms with Crippen LogP contribution in [0.25, 0.3) is 0 Å². The van der Waals surface area contributed by atoms with Gasteiger partial charge in [-0.1, -0.05) is 6.92 Å². The summed E-state index contributed by atoms with van der Waals surface area (Å²) in [5, 5.41) is 3.19. The lowest BCUT2D eigenvalue weighted by Crippen LogP contribution is -2.53. The van der Waals surface area contributed by atoms with Gasteiger partial charge in [-0.25, -0.2) is 4.36 Å². The van der Waals surface area contributed by atoms with Gasteiger partial charge < -0.3 is 5.32 Å². The minimum Gasteiger partial charge on any atom is -0.315 e. The van der Waals surface area contributed by atoms with Crippen molar-refractivity contribution in [3.63, 3.8) is 0 Å². The molecular formula is C7H16N2OS. The van der Waals surface area contributed by atoms with Crippen LogP contribution in [0.2, 0.25) is 0 Å². The highest BCUT2D eigenvalue weighted by Gasteiger charge is 2.31. The largest absolute Gasteiger partial charge is 0.315 e. The average Bonchev–Trinajstić information content (AvgIpc) is 1.77. The summed E-state index contributed by atoms with van der Waals surface area (Å²) < 4.78 is 15.3. The first-order valence-corrected chi connectivity index (χ1v) is 6.08. The molecule has 1 fully saturated rings. The van der Waals surface area contributed by atoms with E-state index in [9.17, 15) is 4.21 Å². The molecule has 0 aromatic carbocycles. The van der Waals surface area contributed by atoms with Crippen molar-refractivity contribution < 1.29 is 4.21 Å². The fraction of sp³-hybridized carbons (Fsp3) is 1.00. The topological polar surface area (TPSA) is 41.5 Å². The minimum absolute atomic E-state index is 0.272. The Kier molecular flexibility index (Phi) is 2.25. The summed E-state index contributed by atoms with van der Waals surface area (Å²) >= 11 is 0. The third kappa shape index (κ3) is 2.79. The van der Waals surface area contributed by atoms with Crippen molar-refractivity contribution in [3.05, 3.63) is 0 Å². The third-order valence-electron chi connectivity index (χ3n) is 1.86. The number of hydrogen-bond acceptors (Lipinski definition) is 3. The van der Waals surface area contributed by atoms with E-state index in [1.54, 1.807) is 12.5 Å². The molecule has 1 saturated heterocycles. The van der Waals surface area contributed by atoms with Gasteiger partial charge in [-0.2, -0.15) is 0 Å². The molecule has 66 valence electrons. The first-order chi connectivity index (χ1) is 4.91. The fourth-order valence-corrected chi connectivity index (χ4v) is 1.60. The van der Waals surface area contributed by atoms with Crippen LogP contribution in [-0.4, -0.2) is 36.4 Å². The van der Waals surface area contributed by atoms with Gasteiger partial charge in [0.2, 0.25) is 0 Å². The Balaban J connectivity index is 2.50. The molecule has 0 saturated carbocycles. The zero-order valence-electron chi connectivity index (χ0n) is 7.39. The molecule has 0 aromatic rings. The molecule has 11 heavy (non-hydrogen) atoms. The summed E-state index contributed by atoms with van der Waals surface area (Å²) in [4.78, 5) is 0. The maximum absolute atomic E-state index is 11.2. The van der Waals surface area contributed by atoms with Crippen LogP contribution in [0.3, 0.4) is 0 Å². The van der Waals surface area contributed by atoms with Crippen LogP contribution in [-0.2, 0) is 9.73 Å². The summed E-state index contributed by atoms with van der Waals surface area (Å²) in [6, 6.07) is 0. The minimum atomic E-state index is -1.89. The van der Waals surface area contributed by atoms with Crippen LogP contribution in [0, 0.1) is 5.41 Å². The quantitative estimate of drug-likeness (QED) is 0.658. The molecule has 1 heterocycles. The molecule has 1 aliphatic heterocycles.